The van der Waals surface area contributed by atoms with Gasteiger partial charge in [-0.15, -0.1) is 0 Å². The van der Waals surface area contributed by atoms with Gasteiger partial charge in [-0.25, -0.2) is 17.2 Å². The van der Waals surface area contributed by atoms with Gasteiger partial charge >= 0.3 is 0 Å². The van der Waals surface area contributed by atoms with Gasteiger partial charge in [-0.05, 0) is 60.2 Å². The van der Waals surface area contributed by atoms with Crippen molar-refractivity contribution in [3.8, 4) is 22.5 Å². The summed E-state index contributed by atoms with van der Waals surface area (Å²) in [4.78, 5) is 35.2. The monoisotopic (exact) mass is 672 g/mol. The van der Waals surface area contributed by atoms with Crippen LogP contribution >= 0.6 is 0 Å². The Hall–Kier alpha value is -5.10. The molecule has 3 heterocycles. The molecule has 0 N–H and O–H groups in total. The van der Waals surface area contributed by atoms with Crippen molar-refractivity contribution in [2.45, 2.75) is 13.3 Å². The number of carbonyl (C=O) groups excluding carboxylic acids is 2. The lowest BCUT2D eigenvalue weighted by atomic mass is 9.95. The fourth-order valence-electron chi connectivity index (χ4n) is 6.08. The number of hydrogen-bond donors (Lipinski definition) is 0. The van der Waals surface area contributed by atoms with E-state index in [0.29, 0.717) is 53.8 Å². The van der Waals surface area contributed by atoms with Crippen LogP contribution in [0.4, 0.5) is 20.2 Å². The normalized spacial score (nSPS) is 13.6. The number of carbonyl (C=O) groups is 2. The number of benzene rings is 3. The Morgan fingerprint density at radius 2 is 1.71 bits per heavy atom. The number of anilines is 2. The number of pyridine rings is 1. The topological polar surface area (TPSA) is 104 Å². The van der Waals surface area contributed by atoms with Gasteiger partial charge in [0.15, 0.2) is 5.78 Å². The van der Waals surface area contributed by atoms with Crippen LogP contribution in [-0.4, -0.2) is 75.6 Å². The maximum absolute atomic E-state index is 13.8. The highest BCUT2D eigenvalue weighted by atomic mass is 32.2. The molecule has 1 aliphatic heterocycles. The number of ketones is 1. The molecule has 0 atom stereocenters. The van der Waals surface area contributed by atoms with E-state index in [1.807, 2.05) is 12.1 Å². The highest BCUT2D eigenvalue weighted by Crippen LogP contribution is 2.42. The number of halogens is 2. The number of aromatic nitrogens is 1. The molecule has 0 radical (unpaired) electrons. The van der Waals surface area contributed by atoms with Crippen LogP contribution < -0.4 is 9.21 Å². The molecule has 1 fully saturated rings. The molecule has 6 rings (SSSR count). The maximum Gasteiger partial charge on any atom is 0.253 e. The summed E-state index contributed by atoms with van der Waals surface area (Å²) in [6, 6.07) is 19.3. The molecular weight excluding hydrogens is 638 g/mol. The van der Waals surface area contributed by atoms with Crippen LogP contribution in [0.25, 0.3) is 33.4 Å². The van der Waals surface area contributed by atoms with E-state index in [4.69, 9.17) is 4.42 Å². The molecule has 0 saturated carbocycles. The van der Waals surface area contributed by atoms with Crippen LogP contribution in [0.3, 0.4) is 0 Å². The Balaban J connectivity index is 1.45. The third-order valence-electron chi connectivity index (χ3n) is 8.47. The minimum atomic E-state index is -3.97. The minimum Gasteiger partial charge on any atom is -0.455 e. The van der Waals surface area contributed by atoms with E-state index in [0.717, 1.165) is 16.2 Å². The van der Waals surface area contributed by atoms with Crippen molar-refractivity contribution < 1.29 is 31.2 Å². The van der Waals surface area contributed by atoms with Gasteiger partial charge in [0.05, 0.1) is 35.9 Å². The zero-order chi connectivity index (χ0) is 34.0. The first-order chi connectivity index (χ1) is 23.1. The maximum atomic E-state index is 13.8. The number of hydrogen-bond acceptors (Lipinski definition) is 7. The number of fused-ring (bicyclic) bond motifs is 1. The molecule has 1 aliphatic rings. The largest absolute Gasteiger partial charge is 0.455 e. The molecule has 1 saturated heterocycles. The lowest BCUT2D eigenvalue weighted by molar-refractivity contribution is 0.0746. The third-order valence-corrected chi connectivity index (χ3v) is 9.65. The summed E-state index contributed by atoms with van der Waals surface area (Å²) in [5.74, 6) is -0.657. The van der Waals surface area contributed by atoms with Crippen LogP contribution in [0.1, 0.15) is 34.1 Å². The summed E-state index contributed by atoms with van der Waals surface area (Å²) >= 11 is 0. The number of nitrogens with zero attached hydrogens (tertiary/aromatic N) is 4. The number of rotatable bonds is 10. The summed E-state index contributed by atoms with van der Waals surface area (Å²) in [6.07, 6.45) is 4.64. The Morgan fingerprint density at radius 3 is 2.35 bits per heavy atom. The van der Waals surface area contributed by atoms with Gasteiger partial charge in [0.1, 0.15) is 23.8 Å². The van der Waals surface area contributed by atoms with E-state index in [-0.39, 0.29) is 40.7 Å². The van der Waals surface area contributed by atoms with Gasteiger partial charge in [-0.1, -0.05) is 19.1 Å². The first-order valence-electron chi connectivity index (χ1n) is 15.6. The van der Waals surface area contributed by atoms with Crippen molar-refractivity contribution in [1.29, 1.82) is 0 Å². The fraction of sp³-hybridized carbons (Fsp3) is 0.250. The van der Waals surface area contributed by atoms with Crippen LogP contribution in [-0.2, 0) is 10.0 Å². The molecule has 1 amide bonds. The molecule has 2 aromatic heterocycles. The van der Waals surface area contributed by atoms with Gasteiger partial charge in [0.25, 0.3) is 5.91 Å². The van der Waals surface area contributed by atoms with Crippen molar-refractivity contribution >= 4 is 44.1 Å². The Bertz CT molecular complexity index is 2080. The highest BCUT2D eigenvalue weighted by Gasteiger charge is 2.28. The van der Waals surface area contributed by atoms with Gasteiger partial charge in [-0.2, -0.15) is 0 Å². The number of alkyl halides is 1. The van der Waals surface area contributed by atoms with Crippen molar-refractivity contribution in [3.63, 3.8) is 0 Å². The minimum absolute atomic E-state index is 0.132. The Morgan fingerprint density at radius 1 is 0.958 bits per heavy atom. The SMILES string of the molecule is CCC(=O)c1c(-c2ccc(F)cc2)oc2cc(N(CCF)S(C)(=O)=O)c(-c3cccc(C(=O)N4CCN(c5cccnc5)CC4)c3)cc12. The van der Waals surface area contributed by atoms with E-state index in [1.165, 1.54) is 30.3 Å². The summed E-state index contributed by atoms with van der Waals surface area (Å²) in [5.41, 5.74) is 3.32. The second-order valence-corrected chi connectivity index (χ2v) is 13.5. The molecular formula is C36H34F2N4O5S. The summed E-state index contributed by atoms with van der Waals surface area (Å²) in [6.45, 7) is 2.57. The van der Waals surface area contributed by atoms with Crippen LogP contribution in [0.5, 0.6) is 0 Å². The highest BCUT2D eigenvalue weighted by molar-refractivity contribution is 7.92. The molecule has 0 bridgehead atoms. The van der Waals surface area contributed by atoms with E-state index >= 15 is 0 Å². The fourth-order valence-corrected chi connectivity index (χ4v) is 6.99. The standard InChI is InChI=1S/C36H34F2N4O5S/c1-3-32(43)34-30-21-29(25-6-4-7-26(20-25)36(44)41-18-16-40(17-19-41)28-8-5-14-39-23-28)31(42(15-13-37)48(2,45)46)22-33(30)47-35(34)24-9-11-27(38)12-10-24/h4-12,14,20-23H,3,13,15-19H2,1-2H3. The summed E-state index contributed by atoms with van der Waals surface area (Å²) in [5, 5.41) is 0.414. The van der Waals surface area contributed by atoms with Crippen molar-refractivity contribution in [2.24, 2.45) is 0 Å². The van der Waals surface area contributed by atoms with Crippen molar-refractivity contribution in [2.75, 3.05) is 54.9 Å². The first-order valence-corrected chi connectivity index (χ1v) is 17.4. The van der Waals surface area contributed by atoms with E-state index in [2.05, 4.69) is 9.88 Å². The molecule has 48 heavy (non-hydrogen) atoms. The molecule has 0 spiro atoms. The number of Topliss-reactive ketones (excluding diaryl/α,β-unsaturated/α-hetero) is 1. The van der Waals surface area contributed by atoms with Gasteiger partial charge < -0.3 is 14.2 Å². The van der Waals surface area contributed by atoms with Crippen molar-refractivity contribution in [3.05, 3.63) is 102 Å². The Labute approximate surface area is 277 Å². The third kappa shape index (κ3) is 6.52. The molecule has 9 nitrogen and oxygen atoms in total. The van der Waals surface area contributed by atoms with Gasteiger partial charge in [0.2, 0.25) is 10.0 Å². The van der Waals surface area contributed by atoms with Crippen LogP contribution in [0, 0.1) is 5.82 Å². The van der Waals surface area contributed by atoms with Gasteiger partial charge in [0, 0.05) is 66.9 Å². The average Bonchev–Trinajstić information content (AvgIpc) is 3.48. The summed E-state index contributed by atoms with van der Waals surface area (Å²) in [7, 11) is -3.97. The zero-order valence-corrected chi connectivity index (χ0v) is 27.3. The molecule has 248 valence electrons. The molecule has 0 aliphatic carbocycles. The molecule has 0 unspecified atom stereocenters. The smallest absolute Gasteiger partial charge is 0.253 e. The second kappa shape index (κ2) is 13.6. The van der Waals surface area contributed by atoms with Crippen LogP contribution in [0.2, 0.25) is 0 Å². The molecule has 12 heteroatoms. The molecule has 5 aromatic rings. The lowest BCUT2D eigenvalue weighted by Gasteiger charge is -2.36. The predicted octanol–water partition coefficient (Wildman–Crippen LogP) is 6.59. The number of amides is 1. The van der Waals surface area contributed by atoms with Crippen LogP contribution in [0.15, 0.2) is 89.6 Å². The van der Waals surface area contributed by atoms with Crippen molar-refractivity contribution in [1.82, 2.24) is 9.88 Å². The Kier molecular flexibility index (Phi) is 9.27. The number of furan rings is 1. The first kappa shape index (κ1) is 32.8. The molecule has 3 aromatic carbocycles. The number of sulfonamides is 1. The lowest BCUT2D eigenvalue weighted by Crippen LogP contribution is -2.48. The van der Waals surface area contributed by atoms with E-state index in [1.54, 1.807) is 54.5 Å². The average molecular weight is 673 g/mol. The van der Waals surface area contributed by atoms with E-state index < -0.39 is 29.1 Å². The van der Waals surface area contributed by atoms with Gasteiger partial charge in [-0.3, -0.25) is 18.9 Å². The second-order valence-electron chi connectivity index (χ2n) is 11.6. The number of piperazine rings is 1. The summed E-state index contributed by atoms with van der Waals surface area (Å²) < 4.78 is 60.7. The quantitative estimate of drug-likeness (QED) is 0.154. The predicted molar refractivity (Wildman–Crippen MR) is 182 cm³/mol. The van der Waals surface area contributed by atoms with E-state index in [9.17, 15) is 26.8 Å². The zero-order valence-electron chi connectivity index (χ0n) is 26.5.